The average molecular weight is 232 g/mol. The van der Waals surface area contributed by atoms with Crippen molar-refractivity contribution in [3.8, 4) is 5.75 Å². The Kier molecular flexibility index (Phi) is 3.04. The van der Waals surface area contributed by atoms with Crippen LogP contribution in [-0.2, 0) is 6.54 Å². The molecule has 0 spiro atoms. The van der Waals surface area contributed by atoms with Crippen molar-refractivity contribution >= 4 is 0 Å². The predicted molar refractivity (Wildman–Crippen MR) is 67.9 cm³/mol. The highest BCUT2D eigenvalue weighted by atomic mass is 16.3. The number of hydrogen-bond donors (Lipinski definition) is 2. The second-order valence-corrected chi connectivity index (χ2v) is 5.33. The Hall–Kier alpha value is -1.06. The summed E-state index contributed by atoms with van der Waals surface area (Å²) in [5, 5.41) is 13.1. The van der Waals surface area contributed by atoms with Gasteiger partial charge in [0.1, 0.15) is 5.75 Å². The van der Waals surface area contributed by atoms with E-state index in [-0.39, 0.29) is 0 Å². The highest BCUT2D eigenvalue weighted by Crippen LogP contribution is 2.26. The molecule has 0 aromatic heterocycles. The third-order valence-corrected chi connectivity index (χ3v) is 3.99. The zero-order valence-electron chi connectivity index (χ0n) is 10.1. The summed E-state index contributed by atoms with van der Waals surface area (Å²) in [6, 6.07) is 8.31. The van der Waals surface area contributed by atoms with Gasteiger partial charge in [-0.15, -0.1) is 0 Å². The molecule has 2 heterocycles. The number of likely N-dealkylation sites (tertiary alicyclic amines) is 1. The van der Waals surface area contributed by atoms with Crippen LogP contribution in [0.2, 0.25) is 0 Å². The van der Waals surface area contributed by atoms with Crippen LogP contribution in [0.4, 0.5) is 0 Å². The van der Waals surface area contributed by atoms with E-state index < -0.39 is 0 Å². The summed E-state index contributed by atoms with van der Waals surface area (Å²) >= 11 is 0. The van der Waals surface area contributed by atoms with E-state index in [9.17, 15) is 5.11 Å². The molecule has 0 unspecified atom stereocenters. The molecule has 3 heteroatoms. The van der Waals surface area contributed by atoms with Gasteiger partial charge < -0.3 is 10.4 Å². The lowest BCUT2D eigenvalue weighted by molar-refractivity contribution is 0.312. The van der Waals surface area contributed by atoms with Gasteiger partial charge in [0.05, 0.1) is 0 Å². The van der Waals surface area contributed by atoms with Crippen molar-refractivity contribution in [1.29, 1.82) is 0 Å². The number of rotatable bonds is 2. The highest BCUT2D eigenvalue weighted by molar-refractivity contribution is 5.27. The summed E-state index contributed by atoms with van der Waals surface area (Å²) in [5.41, 5.74) is 1.21. The fourth-order valence-electron chi connectivity index (χ4n) is 3.18. The van der Waals surface area contributed by atoms with E-state index in [4.69, 9.17) is 0 Å². The van der Waals surface area contributed by atoms with E-state index in [1.165, 1.54) is 31.5 Å². The van der Waals surface area contributed by atoms with Gasteiger partial charge in [-0.1, -0.05) is 12.1 Å². The molecule has 0 saturated carbocycles. The summed E-state index contributed by atoms with van der Waals surface area (Å²) < 4.78 is 0. The summed E-state index contributed by atoms with van der Waals surface area (Å²) in [6.07, 6.45) is 2.69. The van der Waals surface area contributed by atoms with Crippen LogP contribution in [-0.4, -0.2) is 35.7 Å². The Bertz CT molecular complexity index is 380. The Labute approximate surface area is 102 Å². The molecule has 0 radical (unpaired) electrons. The smallest absolute Gasteiger partial charge is 0.115 e. The first kappa shape index (κ1) is 11.1. The number of fused-ring (bicyclic) bond motifs is 1. The van der Waals surface area contributed by atoms with Crippen LogP contribution in [0.1, 0.15) is 18.4 Å². The second-order valence-electron chi connectivity index (χ2n) is 5.33. The largest absolute Gasteiger partial charge is 0.508 e. The first-order valence-corrected chi connectivity index (χ1v) is 6.55. The maximum absolute atomic E-state index is 9.46. The molecule has 1 aromatic carbocycles. The van der Waals surface area contributed by atoms with E-state index in [2.05, 4.69) is 16.3 Å². The number of aromatic hydroxyl groups is 1. The van der Waals surface area contributed by atoms with Crippen LogP contribution in [0.15, 0.2) is 24.3 Å². The van der Waals surface area contributed by atoms with Crippen molar-refractivity contribution < 1.29 is 5.11 Å². The van der Waals surface area contributed by atoms with E-state index in [0.29, 0.717) is 11.8 Å². The number of benzene rings is 1. The Morgan fingerprint density at radius 2 is 2.29 bits per heavy atom. The van der Waals surface area contributed by atoms with Gasteiger partial charge in [-0.25, -0.2) is 0 Å². The van der Waals surface area contributed by atoms with E-state index >= 15 is 0 Å². The van der Waals surface area contributed by atoms with Gasteiger partial charge in [-0.05, 0) is 43.0 Å². The minimum Gasteiger partial charge on any atom is -0.508 e. The monoisotopic (exact) mass is 232 g/mol. The third kappa shape index (κ3) is 2.45. The number of hydrogen-bond acceptors (Lipinski definition) is 3. The van der Waals surface area contributed by atoms with Crippen LogP contribution in [0.25, 0.3) is 0 Å². The molecule has 0 aliphatic carbocycles. The molecule has 92 valence electrons. The van der Waals surface area contributed by atoms with E-state index in [1.807, 2.05) is 12.1 Å². The molecule has 3 rings (SSSR count). The number of phenols is 1. The van der Waals surface area contributed by atoms with Crippen LogP contribution < -0.4 is 5.32 Å². The van der Waals surface area contributed by atoms with Crippen molar-refractivity contribution in [2.45, 2.75) is 25.4 Å². The molecule has 17 heavy (non-hydrogen) atoms. The molecule has 2 aliphatic rings. The maximum Gasteiger partial charge on any atom is 0.115 e. The minimum absolute atomic E-state index is 0.372. The maximum atomic E-state index is 9.46. The summed E-state index contributed by atoms with van der Waals surface area (Å²) in [7, 11) is 0. The molecule has 2 N–H and O–H groups in total. The van der Waals surface area contributed by atoms with Gasteiger partial charge >= 0.3 is 0 Å². The fourth-order valence-corrected chi connectivity index (χ4v) is 3.18. The van der Waals surface area contributed by atoms with Gasteiger partial charge in [-0.3, -0.25) is 4.90 Å². The quantitative estimate of drug-likeness (QED) is 0.812. The van der Waals surface area contributed by atoms with Crippen LogP contribution in [0, 0.1) is 5.92 Å². The average Bonchev–Trinajstić information content (AvgIpc) is 2.71. The Balaban J connectivity index is 1.63. The summed E-state index contributed by atoms with van der Waals surface area (Å²) in [6.45, 7) is 4.50. The standard InChI is InChI=1S/C14H20N2O/c17-13-5-1-3-11(7-13)8-16-9-12-4-2-6-15-14(12)10-16/h1,3,5,7,12,14-15,17H,2,4,6,8-10H2/t12-,14+/m0/s1. The van der Waals surface area contributed by atoms with Crippen LogP contribution in [0.3, 0.4) is 0 Å². The fraction of sp³-hybridized carbons (Fsp3) is 0.571. The lowest BCUT2D eigenvalue weighted by Gasteiger charge is -2.24. The zero-order chi connectivity index (χ0) is 11.7. The second kappa shape index (κ2) is 4.67. The molecule has 0 bridgehead atoms. The molecular weight excluding hydrogens is 212 g/mol. The van der Waals surface area contributed by atoms with Gasteiger partial charge in [-0.2, -0.15) is 0 Å². The first-order chi connectivity index (χ1) is 8.31. The number of nitrogens with zero attached hydrogens (tertiary/aromatic N) is 1. The van der Waals surface area contributed by atoms with E-state index in [0.717, 1.165) is 19.0 Å². The molecule has 3 nitrogen and oxygen atoms in total. The van der Waals surface area contributed by atoms with Crippen molar-refractivity contribution in [2.75, 3.05) is 19.6 Å². The van der Waals surface area contributed by atoms with E-state index in [1.54, 1.807) is 6.07 Å². The van der Waals surface area contributed by atoms with Crippen molar-refractivity contribution in [3.63, 3.8) is 0 Å². The number of phenolic OH excluding ortho intramolecular Hbond substituents is 1. The SMILES string of the molecule is Oc1cccc(CN2C[C@@H]3CCCN[C@@H]3C2)c1. The van der Waals surface area contributed by atoms with Gasteiger partial charge in [0.2, 0.25) is 0 Å². The molecular formula is C14H20N2O. The Morgan fingerprint density at radius 3 is 3.12 bits per heavy atom. The van der Waals surface area contributed by atoms with Crippen LogP contribution >= 0.6 is 0 Å². The highest BCUT2D eigenvalue weighted by Gasteiger charge is 2.33. The van der Waals surface area contributed by atoms with Crippen LogP contribution in [0.5, 0.6) is 5.75 Å². The molecule has 2 atom stereocenters. The Morgan fingerprint density at radius 1 is 1.35 bits per heavy atom. The minimum atomic E-state index is 0.372. The summed E-state index contributed by atoms with van der Waals surface area (Å²) in [4.78, 5) is 2.50. The molecule has 2 aliphatic heterocycles. The predicted octanol–water partition coefficient (Wildman–Crippen LogP) is 1.58. The topological polar surface area (TPSA) is 35.5 Å². The zero-order valence-corrected chi connectivity index (χ0v) is 10.1. The lowest BCUT2D eigenvalue weighted by atomic mass is 9.94. The van der Waals surface area contributed by atoms with Crippen molar-refractivity contribution in [3.05, 3.63) is 29.8 Å². The number of piperidine rings is 1. The molecule has 2 saturated heterocycles. The number of nitrogens with one attached hydrogen (secondary N) is 1. The van der Waals surface area contributed by atoms with Crippen molar-refractivity contribution in [1.82, 2.24) is 10.2 Å². The molecule has 1 aromatic rings. The summed E-state index contributed by atoms with van der Waals surface area (Å²) in [5.74, 6) is 1.21. The van der Waals surface area contributed by atoms with Gasteiger partial charge in [0.25, 0.3) is 0 Å². The third-order valence-electron chi connectivity index (χ3n) is 3.99. The molecule has 0 amide bonds. The molecule has 2 fully saturated rings. The lowest BCUT2D eigenvalue weighted by Crippen LogP contribution is -2.40. The normalized spacial score (nSPS) is 29.2. The first-order valence-electron chi connectivity index (χ1n) is 6.55. The van der Waals surface area contributed by atoms with Gasteiger partial charge in [0.15, 0.2) is 0 Å². The van der Waals surface area contributed by atoms with Crippen molar-refractivity contribution in [2.24, 2.45) is 5.92 Å². The van der Waals surface area contributed by atoms with Gasteiger partial charge in [0, 0.05) is 25.7 Å².